The Morgan fingerprint density at radius 1 is 1.64 bits per heavy atom. The summed E-state index contributed by atoms with van der Waals surface area (Å²) in [6.07, 6.45) is 5.66. The second-order valence-electron chi connectivity index (χ2n) is 3.06. The van der Waals surface area contributed by atoms with Crippen molar-refractivity contribution in [3.8, 4) is 0 Å². The maximum absolute atomic E-state index is 9.25. The minimum absolute atomic E-state index is 0.279. The quantitative estimate of drug-likeness (QED) is 0.634. The Hall–Kier alpha value is -0.760. The monoisotopic (exact) mass is 153 g/mol. The Morgan fingerprint density at radius 2 is 2.36 bits per heavy atom. The average molecular weight is 153 g/mol. The SMILES string of the molecule is CC1CC(CCN)=CC=C1O. The van der Waals surface area contributed by atoms with Crippen LogP contribution in [-0.4, -0.2) is 11.7 Å². The molecule has 0 aromatic carbocycles. The predicted molar refractivity (Wildman–Crippen MR) is 46.2 cm³/mol. The predicted octanol–water partition coefficient (Wildman–Crippen LogP) is 1.74. The molecule has 0 radical (unpaired) electrons. The summed E-state index contributed by atoms with van der Waals surface area (Å²) < 4.78 is 0. The molecule has 3 N–H and O–H groups in total. The van der Waals surface area contributed by atoms with Crippen LogP contribution in [0, 0.1) is 5.92 Å². The molecule has 0 heterocycles. The van der Waals surface area contributed by atoms with Crippen LogP contribution in [-0.2, 0) is 0 Å². The fraction of sp³-hybridized carbons (Fsp3) is 0.556. The zero-order valence-corrected chi connectivity index (χ0v) is 6.88. The standard InChI is InChI=1S/C9H15NO/c1-7-6-8(4-5-10)2-3-9(7)11/h2-3,7,11H,4-6,10H2,1H3. The molecule has 1 atom stereocenters. The summed E-state index contributed by atoms with van der Waals surface area (Å²) >= 11 is 0. The first-order chi connectivity index (χ1) is 5.24. The summed E-state index contributed by atoms with van der Waals surface area (Å²) in [7, 11) is 0. The lowest BCUT2D eigenvalue weighted by atomic mass is 9.92. The first-order valence-corrected chi connectivity index (χ1v) is 4.02. The number of aliphatic hydroxyl groups excluding tert-OH is 1. The van der Waals surface area contributed by atoms with Gasteiger partial charge in [0.1, 0.15) is 0 Å². The van der Waals surface area contributed by atoms with E-state index in [4.69, 9.17) is 5.73 Å². The molecule has 0 spiro atoms. The van der Waals surface area contributed by atoms with Crippen molar-refractivity contribution in [1.82, 2.24) is 0 Å². The van der Waals surface area contributed by atoms with Gasteiger partial charge in [0.15, 0.2) is 0 Å². The van der Waals surface area contributed by atoms with Crippen molar-refractivity contribution in [3.05, 3.63) is 23.5 Å². The lowest BCUT2D eigenvalue weighted by molar-refractivity contribution is 0.334. The van der Waals surface area contributed by atoms with Crippen molar-refractivity contribution < 1.29 is 5.11 Å². The number of hydrogen-bond acceptors (Lipinski definition) is 2. The van der Waals surface area contributed by atoms with E-state index >= 15 is 0 Å². The van der Waals surface area contributed by atoms with Gasteiger partial charge in [0, 0.05) is 5.92 Å². The molecule has 1 aliphatic rings. The largest absolute Gasteiger partial charge is 0.512 e. The molecule has 0 aromatic rings. The van der Waals surface area contributed by atoms with Gasteiger partial charge < -0.3 is 10.8 Å². The van der Waals surface area contributed by atoms with Crippen LogP contribution >= 0.6 is 0 Å². The van der Waals surface area contributed by atoms with Gasteiger partial charge in [0.05, 0.1) is 5.76 Å². The molecule has 0 bridgehead atoms. The average Bonchev–Trinajstić information content (AvgIpc) is 1.98. The Kier molecular flexibility index (Phi) is 2.71. The topological polar surface area (TPSA) is 46.2 Å². The van der Waals surface area contributed by atoms with E-state index in [-0.39, 0.29) is 5.92 Å². The van der Waals surface area contributed by atoms with Crippen LogP contribution in [0.3, 0.4) is 0 Å². The minimum Gasteiger partial charge on any atom is -0.512 e. The van der Waals surface area contributed by atoms with Crippen LogP contribution in [0.25, 0.3) is 0 Å². The third-order valence-corrected chi connectivity index (χ3v) is 2.03. The minimum atomic E-state index is 0.279. The smallest absolute Gasteiger partial charge is 0.0953 e. The highest BCUT2D eigenvalue weighted by Gasteiger charge is 2.12. The van der Waals surface area contributed by atoms with E-state index in [9.17, 15) is 5.11 Å². The van der Waals surface area contributed by atoms with Crippen molar-refractivity contribution in [1.29, 1.82) is 0 Å². The molecule has 0 aromatic heterocycles. The normalized spacial score (nSPS) is 24.4. The van der Waals surface area contributed by atoms with Gasteiger partial charge in [-0.3, -0.25) is 0 Å². The van der Waals surface area contributed by atoms with E-state index in [0.29, 0.717) is 12.3 Å². The van der Waals surface area contributed by atoms with Crippen molar-refractivity contribution >= 4 is 0 Å². The molecule has 0 saturated carbocycles. The van der Waals surface area contributed by atoms with Crippen molar-refractivity contribution in [2.45, 2.75) is 19.8 Å². The van der Waals surface area contributed by atoms with E-state index < -0.39 is 0 Å². The van der Waals surface area contributed by atoms with Gasteiger partial charge >= 0.3 is 0 Å². The molecule has 11 heavy (non-hydrogen) atoms. The van der Waals surface area contributed by atoms with Gasteiger partial charge in [-0.1, -0.05) is 18.6 Å². The van der Waals surface area contributed by atoms with Crippen LogP contribution in [0.5, 0.6) is 0 Å². The molecule has 2 heteroatoms. The Labute approximate surface area is 67.4 Å². The molecule has 2 nitrogen and oxygen atoms in total. The van der Waals surface area contributed by atoms with Gasteiger partial charge in [-0.25, -0.2) is 0 Å². The van der Waals surface area contributed by atoms with E-state index in [2.05, 4.69) is 0 Å². The van der Waals surface area contributed by atoms with E-state index in [0.717, 1.165) is 12.8 Å². The summed E-state index contributed by atoms with van der Waals surface area (Å²) in [5.74, 6) is 0.771. The molecular formula is C9H15NO. The molecule has 0 fully saturated rings. The molecule has 0 aliphatic heterocycles. The number of nitrogens with two attached hydrogens (primary N) is 1. The van der Waals surface area contributed by atoms with Crippen LogP contribution in [0.4, 0.5) is 0 Å². The zero-order chi connectivity index (χ0) is 8.27. The molecule has 1 unspecified atom stereocenters. The molecule has 62 valence electrons. The second-order valence-corrected chi connectivity index (χ2v) is 3.06. The van der Waals surface area contributed by atoms with Gasteiger partial charge in [-0.2, -0.15) is 0 Å². The maximum atomic E-state index is 9.25. The molecule has 0 amide bonds. The molecule has 1 aliphatic carbocycles. The fourth-order valence-corrected chi connectivity index (χ4v) is 1.30. The Bertz CT molecular complexity index is 194. The number of allylic oxidation sites excluding steroid dienone is 3. The summed E-state index contributed by atoms with van der Waals surface area (Å²) in [6, 6.07) is 0. The van der Waals surface area contributed by atoms with Gasteiger partial charge in [0.2, 0.25) is 0 Å². The van der Waals surface area contributed by atoms with Crippen LogP contribution in [0.2, 0.25) is 0 Å². The number of rotatable bonds is 2. The van der Waals surface area contributed by atoms with Gasteiger partial charge in [-0.15, -0.1) is 0 Å². The summed E-state index contributed by atoms with van der Waals surface area (Å²) in [5, 5.41) is 9.25. The highest BCUT2D eigenvalue weighted by atomic mass is 16.3. The summed E-state index contributed by atoms with van der Waals surface area (Å²) in [5.41, 5.74) is 6.76. The third kappa shape index (κ3) is 2.09. The second kappa shape index (κ2) is 3.58. The van der Waals surface area contributed by atoms with Crippen molar-refractivity contribution in [2.75, 3.05) is 6.54 Å². The highest BCUT2D eigenvalue weighted by Crippen LogP contribution is 2.24. The first kappa shape index (κ1) is 8.34. The fourth-order valence-electron chi connectivity index (χ4n) is 1.30. The van der Waals surface area contributed by atoms with Crippen LogP contribution < -0.4 is 5.73 Å². The number of hydrogen-bond donors (Lipinski definition) is 2. The lowest BCUT2D eigenvalue weighted by Gasteiger charge is -2.16. The first-order valence-electron chi connectivity index (χ1n) is 4.02. The Morgan fingerprint density at radius 3 is 2.91 bits per heavy atom. The molecule has 0 saturated heterocycles. The van der Waals surface area contributed by atoms with E-state index in [1.54, 1.807) is 6.08 Å². The van der Waals surface area contributed by atoms with E-state index in [1.807, 2.05) is 13.0 Å². The summed E-state index contributed by atoms with van der Waals surface area (Å²) in [4.78, 5) is 0. The number of aliphatic hydroxyl groups is 1. The van der Waals surface area contributed by atoms with Crippen LogP contribution in [0.1, 0.15) is 19.8 Å². The van der Waals surface area contributed by atoms with Crippen molar-refractivity contribution in [2.24, 2.45) is 11.7 Å². The third-order valence-electron chi connectivity index (χ3n) is 2.03. The zero-order valence-electron chi connectivity index (χ0n) is 6.88. The van der Waals surface area contributed by atoms with Gasteiger partial charge in [0.25, 0.3) is 0 Å². The van der Waals surface area contributed by atoms with Crippen LogP contribution in [0.15, 0.2) is 23.5 Å². The van der Waals surface area contributed by atoms with E-state index in [1.165, 1.54) is 5.57 Å². The van der Waals surface area contributed by atoms with Gasteiger partial charge in [-0.05, 0) is 25.5 Å². The lowest BCUT2D eigenvalue weighted by Crippen LogP contribution is -2.08. The highest BCUT2D eigenvalue weighted by molar-refractivity contribution is 5.22. The maximum Gasteiger partial charge on any atom is 0.0953 e. The van der Waals surface area contributed by atoms with Crippen molar-refractivity contribution in [3.63, 3.8) is 0 Å². The Balaban J connectivity index is 2.58. The summed E-state index contributed by atoms with van der Waals surface area (Å²) in [6.45, 7) is 2.72. The molecule has 1 rings (SSSR count). The molecular weight excluding hydrogens is 138 g/mol.